The van der Waals surface area contributed by atoms with E-state index in [0.29, 0.717) is 22.8 Å². The van der Waals surface area contributed by atoms with E-state index in [9.17, 15) is 19.8 Å². The molecule has 0 radical (unpaired) electrons. The summed E-state index contributed by atoms with van der Waals surface area (Å²) in [5.41, 5.74) is 1.78. The van der Waals surface area contributed by atoms with Crippen LogP contribution in [0.2, 0.25) is 0 Å². The molecule has 2 atom stereocenters. The summed E-state index contributed by atoms with van der Waals surface area (Å²) in [6.07, 6.45) is -1.39. The van der Waals surface area contributed by atoms with Crippen molar-refractivity contribution in [1.29, 1.82) is 0 Å². The Hall–Kier alpha value is -2.86. The summed E-state index contributed by atoms with van der Waals surface area (Å²) in [5, 5.41) is 22.2. The van der Waals surface area contributed by atoms with E-state index in [4.69, 9.17) is 4.74 Å². The third-order valence-corrected chi connectivity index (χ3v) is 4.17. The zero-order valence-electron chi connectivity index (χ0n) is 15.0. The molecule has 0 aliphatic carbocycles. The second-order valence-electron chi connectivity index (χ2n) is 6.28. The van der Waals surface area contributed by atoms with Crippen molar-refractivity contribution in [3.63, 3.8) is 0 Å². The highest BCUT2D eigenvalue weighted by Crippen LogP contribution is 2.21. The molecular formula is C20H23NO5. The summed E-state index contributed by atoms with van der Waals surface area (Å²) in [7, 11) is 1.51. The van der Waals surface area contributed by atoms with Crippen LogP contribution in [-0.2, 0) is 4.79 Å². The third-order valence-electron chi connectivity index (χ3n) is 4.17. The molecule has 6 heteroatoms. The predicted molar refractivity (Wildman–Crippen MR) is 97.4 cm³/mol. The first-order valence-corrected chi connectivity index (χ1v) is 8.29. The lowest BCUT2D eigenvalue weighted by Crippen LogP contribution is -2.45. The maximum absolute atomic E-state index is 12.4. The Kier molecular flexibility index (Phi) is 6.36. The van der Waals surface area contributed by atoms with Crippen molar-refractivity contribution in [2.24, 2.45) is 0 Å². The molecule has 2 unspecified atom stereocenters. The van der Waals surface area contributed by atoms with E-state index in [2.05, 4.69) is 5.32 Å². The molecule has 0 aliphatic heterocycles. The van der Waals surface area contributed by atoms with Crippen molar-refractivity contribution >= 4 is 11.9 Å². The lowest BCUT2D eigenvalue weighted by Gasteiger charge is -2.21. The number of amides is 1. The minimum absolute atomic E-state index is 0.329. The summed E-state index contributed by atoms with van der Waals surface area (Å²) in [6.45, 7) is 4.08. The zero-order chi connectivity index (χ0) is 19.3. The maximum Gasteiger partial charge on any atom is 0.329 e. The number of carbonyl (C=O) groups is 2. The van der Waals surface area contributed by atoms with Gasteiger partial charge in [-0.3, -0.25) is 4.79 Å². The summed E-state index contributed by atoms with van der Waals surface area (Å²) in [4.78, 5) is 23.9. The van der Waals surface area contributed by atoms with E-state index >= 15 is 0 Å². The molecule has 0 spiro atoms. The van der Waals surface area contributed by atoms with Crippen LogP contribution in [0.25, 0.3) is 0 Å². The fraction of sp³-hybridized carbons (Fsp3) is 0.300. The molecule has 0 aromatic heterocycles. The quantitative estimate of drug-likeness (QED) is 0.708. The molecule has 0 bridgehead atoms. The van der Waals surface area contributed by atoms with Gasteiger partial charge in [0.15, 0.2) is 6.04 Å². The number of aliphatic hydroxyl groups is 1. The van der Waals surface area contributed by atoms with Crippen LogP contribution < -0.4 is 10.1 Å². The van der Waals surface area contributed by atoms with Gasteiger partial charge < -0.3 is 20.3 Å². The van der Waals surface area contributed by atoms with E-state index < -0.39 is 24.0 Å². The molecule has 2 rings (SSSR count). The van der Waals surface area contributed by atoms with E-state index in [1.54, 1.807) is 36.4 Å². The normalized spacial score (nSPS) is 13.1. The third kappa shape index (κ3) is 4.61. The SMILES string of the molecule is COc1ccc(C(O)C(NC(=O)c2ccc(C(C)C)cc2)C(=O)O)cc1. The topological polar surface area (TPSA) is 95.9 Å². The highest BCUT2D eigenvalue weighted by Gasteiger charge is 2.29. The highest BCUT2D eigenvalue weighted by atomic mass is 16.5. The lowest BCUT2D eigenvalue weighted by molar-refractivity contribution is -0.142. The highest BCUT2D eigenvalue weighted by molar-refractivity contribution is 5.96. The average Bonchev–Trinajstić information content (AvgIpc) is 2.65. The van der Waals surface area contributed by atoms with Crippen molar-refractivity contribution in [3.8, 4) is 5.75 Å². The van der Waals surface area contributed by atoms with Crippen LogP contribution >= 0.6 is 0 Å². The minimum Gasteiger partial charge on any atom is -0.497 e. The van der Waals surface area contributed by atoms with Gasteiger partial charge in [0.1, 0.15) is 11.9 Å². The molecule has 138 valence electrons. The van der Waals surface area contributed by atoms with Gasteiger partial charge in [-0.25, -0.2) is 4.79 Å². The summed E-state index contributed by atoms with van der Waals surface area (Å²) < 4.78 is 5.04. The number of nitrogens with one attached hydrogen (secondary N) is 1. The summed E-state index contributed by atoms with van der Waals surface area (Å²) >= 11 is 0. The standard InChI is InChI=1S/C20H23NO5/c1-12(2)13-4-6-15(7-5-13)19(23)21-17(20(24)25)18(22)14-8-10-16(26-3)11-9-14/h4-12,17-18,22H,1-3H3,(H,21,23)(H,24,25). The van der Waals surface area contributed by atoms with Gasteiger partial charge in [0.2, 0.25) is 0 Å². The van der Waals surface area contributed by atoms with Gasteiger partial charge in [-0.15, -0.1) is 0 Å². The smallest absolute Gasteiger partial charge is 0.329 e. The van der Waals surface area contributed by atoms with Crippen molar-refractivity contribution < 1.29 is 24.5 Å². The molecule has 0 saturated carbocycles. The molecule has 26 heavy (non-hydrogen) atoms. The van der Waals surface area contributed by atoms with Gasteiger partial charge in [-0.1, -0.05) is 38.1 Å². The number of benzene rings is 2. The van der Waals surface area contributed by atoms with Gasteiger partial charge >= 0.3 is 5.97 Å². The molecule has 2 aromatic rings. The number of methoxy groups -OCH3 is 1. The fourth-order valence-electron chi connectivity index (χ4n) is 2.51. The Balaban J connectivity index is 2.15. The minimum atomic E-state index is -1.47. The van der Waals surface area contributed by atoms with Gasteiger partial charge in [-0.05, 0) is 41.3 Å². The molecule has 0 fully saturated rings. The molecule has 0 heterocycles. The molecule has 3 N–H and O–H groups in total. The number of carboxylic acid groups (broad SMARTS) is 1. The van der Waals surface area contributed by atoms with Crippen molar-refractivity contribution in [2.45, 2.75) is 31.9 Å². The molecule has 2 aromatic carbocycles. The van der Waals surface area contributed by atoms with Crippen molar-refractivity contribution in [1.82, 2.24) is 5.32 Å². The van der Waals surface area contributed by atoms with Crippen LogP contribution in [0.3, 0.4) is 0 Å². The lowest BCUT2D eigenvalue weighted by atomic mass is 10.00. The van der Waals surface area contributed by atoms with E-state index in [0.717, 1.165) is 5.56 Å². The zero-order valence-corrected chi connectivity index (χ0v) is 15.0. The Morgan fingerprint density at radius 3 is 1.96 bits per heavy atom. The summed E-state index contributed by atoms with van der Waals surface area (Å²) in [6, 6.07) is 11.8. The van der Waals surface area contributed by atoms with Crippen LogP contribution in [0.15, 0.2) is 48.5 Å². The van der Waals surface area contributed by atoms with E-state index in [1.165, 1.54) is 7.11 Å². The van der Waals surface area contributed by atoms with Crippen LogP contribution in [0.1, 0.15) is 47.4 Å². The number of aliphatic hydroxyl groups excluding tert-OH is 1. The second-order valence-corrected chi connectivity index (χ2v) is 6.28. The first kappa shape index (κ1) is 19.5. The summed E-state index contributed by atoms with van der Waals surface area (Å²) in [5.74, 6) is -0.960. The largest absolute Gasteiger partial charge is 0.497 e. The maximum atomic E-state index is 12.4. The molecule has 6 nitrogen and oxygen atoms in total. The number of carboxylic acids is 1. The van der Waals surface area contributed by atoms with Crippen molar-refractivity contribution in [2.75, 3.05) is 7.11 Å². The van der Waals surface area contributed by atoms with Crippen molar-refractivity contribution in [3.05, 3.63) is 65.2 Å². The van der Waals surface area contributed by atoms with Crippen LogP contribution in [0.4, 0.5) is 0 Å². The van der Waals surface area contributed by atoms with Crippen LogP contribution in [0.5, 0.6) is 5.75 Å². The Labute approximate surface area is 152 Å². The molecule has 0 saturated heterocycles. The van der Waals surface area contributed by atoms with Gasteiger partial charge in [0.25, 0.3) is 5.91 Å². The number of rotatable bonds is 7. The van der Waals surface area contributed by atoms with Crippen LogP contribution in [0, 0.1) is 0 Å². The van der Waals surface area contributed by atoms with Gasteiger partial charge in [0, 0.05) is 5.56 Å². The Morgan fingerprint density at radius 1 is 0.962 bits per heavy atom. The number of carbonyl (C=O) groups excluding carboxylic acids is 1. The molecular weight excluding hydrogens is 334 g/mol. The van der Waals surface area contributed by atoms with E-state index in [1.807, 2.05) is 26.0 Å². The first-order valence-electron chi connectivity index (χ1n) is 8.29. The number of hydrogen-bond acceptors (Lipinski definition) is 4. The fourth-order valence-corrected chi connectivity index (χ4v) is 2.51. The predicted octanol–water partition coefficient (Wildman–Crippen LogP) is 2.74. The average molecular weight is 357 g/mol. The van der Waals surface area contributed by atoms with Gasteiger partial charge in [-0.2, -0.15) is 0 Å². The first-order chi connectivity index (χ1) is 12.3. The van der Waals surface area contributed by atoms with Crippen LogP contribution in [-0.4, -0.2) is 35.2 Å². The monoisotopic (exact) mass is 357 g/mol. The Bertz CT molecular complexity index is 753. The Morgan fingerprint density at radius 2 is 1.50 bits per heavy atom. The number of aliphatic carboxylic acids is 1. The second kappa shape index (κ2) is 8.49. The molecule has 1 amide bonds. The number of ether oxygens (including phenoxy) is 1. The molecule has 0 aliphatic rings. The van der Waals surface area contributed by atoms with Gasteiger partial charge in [0.05, 0.1) is 7.11 Å². The number of hydrogen-bond donors (Lipinski definition) is 3. The van der Waals surface area contributed by atoms with E-state index in [-0.39, 0.29) is 0 Å².